The Hall–Kier alpha value is -1.55. The van der Waals surface area contributed by atoms with E-state index in [0.717, 1.165) is 11.4 Å². The van der Waals surface area contributed by atoms with Crippen molar-refractivity contribution < 1.29 is 4.79 Å². The van der Waals surface area contributed by atoms with Crippen molar-refractivity contribution >= 4 is 17.3 Å². The van der Waals surface area contributed by atoms with E-state index in [9.17, 15) is 4.79 Å². The highest BCUT2D eigenvalue weighted by atomic mass is 16.2. The van der Waals surface area contributed by atoms with E-state index < -0.39 is 6.04 Å². The summed E-state index contributed by atoms with van der Waals surface area (Å²) in [6.45, 7) is 0.544. The summed E-state index contributed by atoms with van der Waals surface area (Å²) in [5.74, 6) is -0.123. The van der Waals surface area contributed by atoms with Gasteiger partial charge in [-0.1, -0.05) is 12.1 Å². The Morgan fingerprint density at radius 1 is 1.50 bits per heavy atom. The number of benzene rings is 1. The first-order chi connectivity index (χ1) is 6.68. The Kier molecular flexibility index (Phi) is 2.13. The number of hydrogen-bond acceptors (Lipinski definition) is 3. The van der Waals surface area contributed by atoms with Crippen molar-refractivity contribution in [3.05, 3.63) is 24.3 Å². The Morgan fingerprint density at radius 2 is 2.21 bits per heavy atom. The monoisotopic (exact) mass is 191 g/mol. The van der Waals surface area contributed by atoms with Crippen molar-refractivity contribution in [2.45, 2.75) is 6.04 Å². The van der Waals surface area contributed by atoms with Crippen LogP contribution in [0.2, 0.25) is 0 Å². The SMILES string of the molecule is CN1CC(N)C(=O)Nc2ccccc21. The number of rotatable bonds is 0. The van der Waals surface area contributed by atoms with Gasteiger partial charge >= 0.3 is 0 Å². The molecule has 2 rings (SSSR count). The first-order valence-corrected chi connectivity index (χ1v) is 4.55. The van der Waals surface area contributed by atoms with E-state index in [1.54, 1.807) is 0 Å². The average molecular weight is 191 g/mol. The molecule has 4 nitrogen and oxygen atoms in total. The average Bonchev–Trinajstić information content (AvgIpc) is 2.27. The van der Waals surface area contributed by atoms with Crippen LogP contribution in [0.3, 0.4) is 0 Å². The lowest BCUT2D eigenvalue weighted by Crippen LogP contribution is -2.41. The molecule has 0 saturated carbocycles. The third kappa shape index (κ3) is 1.44. The normalized spacial score (nSPS) is 21.1. The Labute approximate surface area is 82.7 Å². The summed E-state index contributed by atoms with van der Waals surface area (Å²) in [6, 6.07) is 7.21. The molecular weight excluding hydrogens is 178 g/mol. The lowest BCUT2D eigenvalue weighted by atomic mass is 10.2. The van der Waals surface area contributed by atoms with Crippen molar-refractivity contribution in [2.24, 2.45) is 5.73 Å². The number of nitrogens with two attached hydrogens (primary N) is 1. The minimum atomic E-state index is -0.465. The zero-order valence-electron chi connectivity index (χ0n) is 8.03. The van der Waals surface area contributed by atoms with Gasteiger partial charge in [-0.3, -0.25) is 4.79 Å². The number of hydrogen-bond donors (Lipinski definition) is 2. The summed E-state index contributed by atoms with van der Waals surface area (Å²) >= 11 is 0. The Morgan fingerprint density at radius 3 is 3.00 bits per heavy atom. The lowest BCUT2D eigenvalue weighted by Gasteiger charge is -2.19. The summed E-state index contributed by atoms with van der Waals surface area (Å²) in [7, 11) is 1.93. The molecule has 1 aromatic carbocycles. The number of fused-ring (bicyclic) bond motifs is 1. The number of para-hydroxylation sites is 2. The third-order valence-electron chi connectivity index (χ3n) is 2.38. The molecule has 1 heterocycles. The molecule has 1 aliphatic rings. The molecule has 0 aliphatic carbocycles. The van der Waals surface area contributed by atoms with E-state index in [4.69, 9.17) is 5.73 Å². The van der Waals surface area contributed by atoms with E-state index in [1.165, 1.54) is 0 Å². The molecule has 14 heavy (non-hydrogen) atoms. The van der Waals surface area contributed by atoms with Crippen molar-refractivity contribution in [1.29, 1.82) is 0 Å². The Bertz CT molecular complexity index is 364. The van der Waals surface area contributed by atoms with Crippen LogP contribution in [-0.4, -0.2) is 25.5 Å². The van der Waals surface area contributed by atoms with Crippen LogP contribution in [0.15, 0.2) is 24.3 Å². The molecule has 1 atom stereocenters. The number of anilines is 2. The molecule has 0 radical (unpaired) electrons. The fourth-order valence-electron chi connectivity index (χ4n) is 1.61. The quantitative estimate of drug-likeness (QED) is 0.624. The zero-order chi connectivity index (χ0) is 10.1. The number of carbonyl (C=O) groups is 1. The first-order valence-electron chi connectivity index (χ1n) is 4.55. The minimum Gasteiger partial charge on any atom is -0.371 e. The van der Waals surface area contributed by atoms with Gasteiger partial charge in [0.05, 0.1) is 11.4 Å². The number of amides is 1. The number of nitrogens with zero attached hydrogens (tertiary/aromatic N) is 1. The highest BCUT2D eigenvalue weighted by Crippen LogP contribution is 2.26. The van der Waals surface area contributed by atoms with Crippen LogP contribution in [0.4, 0.5) is 11.4 Å². The second-order valence-electron chi connectivity index (χ2n) is 3.49. The zero-order valence-corrected chi connectivity index (χ0v) is 8.03. The highest BCUT2D eigenvalue weighted by Gasteiger charge is 2.22. The standard InChI is InChI=1S/C10H13N3O/c1-13-6-7(11)10(14)12-8-4-2-3-5-9(8)13/h2-5,7H,6,11H2,1H3,(H,12,14). The van der Waals surface area contributed by atoms with Gasteiger partial charge in [0.1, 0.15) is 6.04 Å². The van der Waals surface area contributed by atoms with Crippen molar-refractivity contribution in [3.8, 4) is 0 Å². The molecule has 1 aliphatic heterocycles. The van der Waals surface area contributed by atoms with Gasteiger partial charge in [-0.05, 0) is 12.1 Å². The summed E-state index contributed by atoms with van der Waals surface area (Å²) in [6.07, 6.45) is 0. The molecule has 0 spiro atoms. The molecule has 3 N–H and O–H groups in total. The van der Waals surface area contributed by atoms with Gasteiger partial charge in [0.2, 0.25) is 5.91 Å². The molecular formula is C10H13N3O. The highest BCUT2D eigenvalue weighted by molar-refractivity contribution is 5.99. The number of likely N-dealkylation sites (N-methyl/N-ethyl adjacent to an activating group) is 1. The molecule has 1 amide bonds. The summed E-state index contributed by atoms with van der Waals surface area (Å²) in [5, 5.41) is 2.80. The van der Waals surface area contributed by atoms with Crippen LogP contribution in [0.5, 0.6) is 0 Å². The van der Waals surface area contributed by atoms with Crippen LogP contribution in [0.25, 0.3) is 0 Å². The maximum Gasteiger partial charge on any atom is 0.243 e. The van der Waals surface area contributed by atoms with E-state index in [2.05, 4.69) is 5.32 Å². The predicted molar refractivity (Wildman–Crippen MR) is 56.3 cm³/mol. The lowest BCUT2D eigenvalue weighted by molar-refractivity contribution is -0.117. The fraction of sp³-hybridized carbons (Fsp3) is 0.300. The van der Waals surface area contributed by atoms with Crippen LogP contribution in [0, 0.1) is 0 Å². The largest absolute Gasteiger partial charge is 0.371 e. The third-order valence-corrected chi connectivity index (χ3v) is 2.38. The second-order valence-corrected chi connectivity index (χ2v) is 3.49. The number of carbonyl (C=O) groups excluding carboxylic acids is 1. The van der Waals surface area contributed by atoms with E-state index in [1.807, 2.05) is 36.2 Å². The molecule has 0 bridgehead atoms. The molecule has 74 valence electrons. The maximum atomic E-state index is 11.5. The van der Waals surface area contributed by atoms with Crippen LogP contribution >= 0.6 is 0 Å². The van der Waals surface area contributed by atoms with Gasteiger partial charge < -0.3 is 16.0 Å². The molecule has 0 fully saturated rings. The Balaban J connectivity index is 2.43. The van der Waals surface area contributed by atoms with Crippen LogP contribution in [0.1, 0.15) is 0 Å². The first kappa shape index (κ1) is 9.02. The second kappa shape index (κ2) is 3.31. The smallest absolute Gasteiger partial charge is 0.243 e. The van der Waals surface area contributed by atoms with E-state index >= 15 is 0 Å². The van der Waals surface area contributed by atoms with Gasteiger partial charge in [-0.15, -0.1) is 0 Å². The predicted octanol–water partition coefficient (Wildman–Crippen LogP) is 0.402. The fourth-order valence-corrected chi connectivity index (χ4v) is 1.61. The van der Waals surface area contributed by atoms with Gasteiger partial charge in [0.25, 0.3) is 0 Å². The van der Waals surface area contributed by atoms with Crippen molar-refractivity contribution in [1.82, 2.24) is 0 Å². The van der Waals surface area contributed by atoms with Gasteiger partial charge in [-0.2, -0.15) is 0 Å². The number of nitrogens with one attached hydrogen (secondary N) is 1. The van der Waals surface area contributed by atoms with Crippen molar-refractivity contribution in [2.75, 3.05) is 23.8 Å². The van der Waals surface area contributed by atoms with Gasteiger partial charge in [-0.25, -0.2) is 0 Å². The maximum absolute atomic E-state index is 11.5. The summed E-state index contributed by atoms with van der Waals surface area (Å²) in [5.41, 5.74) is 7.53. The minimum absolute atomic E-state index is 0.123. The summed E-state index contributed by atoms with van der Waals surface area (Å²) < 4.78 is 0. The summed E-state index contributed by atoms with van der Waals surface area (Å²) in [4.78, 5) is 13.4. The van der Waals surface area contributed by atoms with Crippen molar-refractivity contribution in [3.63, 3.8) is 0 Å². The van der Waals surface area contributed by atoms with Gasteiger partial charge in [0, 0.05) is 13.6 Å². The molecule has 1 aromatic rings. The molecule has 1 unspecified atom stereocenters. The molecule has 4 heteroatoms. The van der Waals surface area contributed by atoms with E-state index in [-0.39, 0.29) is 5.91 Å². The van der Waals surface area contributed by atoms with Crippen LogP contribution < -0.4 is 16.0 Å². The van der Waals surface area contributed by atoms with Gasteiger partial charge in [0.15, 0.2) is 0 Å². The molecule has 0 aromatic heterocycles. The molecule has 0 saturated heterocycles. The topological polar surface area (TPSA) is 58.4 Å². The van der Waals surface area contributed by atoms with E-state index in [0.29, 0.717) is 6.54 Å². The van der Waals surface area contributed by atoms with Crippen LogP contribution in [-0.2, 0) is 4.79 Å².